The fourth-order valence-electron chi connectivity index (χ4n) is 2.52. The van der Waals surface area contributed by atoms with Gasteiger partial charge in [0, 0.05) is 6.54 Å². The Morgan fingerprint density at radius 1 is 1.12 bits per heavy atom. The number of carbonyl (C=O) groups is 1. The molecule has 0 unspecified atom stereocenters. The van der Waals surface area contributed by atoms with E-state index >= 15 is 0 Å². The smallest absolute Gasteiger partial charge is 0.336 e. The second kappa shape index (κ2) is 6.03. The zero-order valence-corrected chi connectivity index (χ0v) is 14.1. The molecular weight excluding hydrogens is 326 g/mol. The topological polar surface area (TPSA) is 83.5 Å². The standard InChI is InChI=1S/C18H19NO4S/c1-18(10-11-18)24(22,23)19-12-13-6-8-14(9-7-13)15-4-2-3-5-16(15)17(20)21/h2-9,19H,10-12H2,1H3,(H,20,21). The summed E-state index contributed by atoms with van der Waals surface area (Å²) < 4.78 is 26.3. The highest BCUT2D eigenvalue weighted by Gasteiger charge is 2.49. The molecule has 1 aliphatic carbocycles. The van der Waals surface area contributed by atoms with Crippen LogP contribution in [0.5, 0.6) is 0 Å². The molecule has 0 spiro atoms. The van der Waals surface area contributed by atoms with Gasteiger partial charge < -0.3 is 5.11 Å². The average molecular weight is 345 g/mol. The van der Waals surface area contributed by atoms with Gasteiger partial charge in [-0.05, 0) is 42.5 Å². The fraction of sp³-hybridized carbons (Fsp3) is 0.278. The molecule has 2 aromatic carbocycles. The summed E-state index contributed by atoms with van der Waals surface area (Å²) >= 11 is 0. The maximum atomic E-state index is 12.1. The molecule has 1 saturated carbocycles. The van der Waals surface area contributed by atoms with E-state index in [1.165, 1.54) is 0 Å². The monoisotopic (exact) mass is 345 g/mol. The van der Waals surface area contributed by atoms with Gasteiger partial charge in [-0.1, -0.05) is 42.5 Å². The second-order valence-corrected chi connectivity index (χ2v) is 8.60. The van der Waals surface area contributed by atoms with Crippen molar-refractivity contribution in [1.29, 1.82) is 0 Å². The van der Waals surface area contributed by atoms with Crippen LogP contribution in [0.3, 0.4) is 0 Å². The zero-order chi connectivity index (χ0) is 17.4. The Morgan fingerprint density at radius 3 is 2.33 bits per heavy atom. The molecule has 5 nitrogen and oxygen atoms in total. The van der Waals surface area contributed by atoms with Crippen molar-refractivity contribution in [2.24, 2.45) is 0 Å². The molecule has 0 amide bonds. The Balaban J connectivity index is 1.76. The molecule has 2 aromatic rings. The third-order valence-corrected chi connectivity index (χ3v) is 6.72. The second-order valence-electron chi connectivity index (χ2n) is 6.32. The van der Waals surface area contributed by atoms with Crippen molar-refractivity contribution >= 4 is 16.0 Å². The third-order valence-electron chi connectivity index (χ3n) is 4.49. The molecule has 0 saturated heterocycles. The molecule has 6 heteroatoms. The van der Waals surface area contributed by atoms with Crippen molar-refractivity contribution < 1.29 is 18.3 Å². The highest BCUT2D eigenvalue weighted by Crippen LogP contribution is 2.42. The van der Waals surface area contributed by atoms with Gasteiger partial charge >= 0.3 is 5.97 Å². The van der Waals surface area contributed by atoms with Gasteiger partial charge in [0.1, 0.15) is 0 Å². The van der Waals surface area contributed by atoms with Crippen molar-refractivity contribution in [2.45, 2.75) is 31.1 Å². The van der Waals surface area contributed by atoms with Gasteiger partial charge in [-0.25, -0.2) is 17.9 Å². The van der Waals surface area contributed by atoms with Crippen LogP contribution in [-0.4, -0.2) is 24.2 Å². The highest BCUT2D eigenvalue weighted by atomic mass is 32.2. The summed E-state index contributed by atoms with van der Waals surface area (Å²) in [5.74, 6) is -0.972. The molecule has 2 N–H and O–H groups in total. The predicted molar refractivity (Wildman–Crippen MR) is 92.2 cm³/mol. The number of nitrogens with one attached hydrogen (secondary N) is 1. The van der Waals surface area contributed by atoms with Gasteiger partial charge in [0.2, 0.25) is 10.0 Å². The van der Waals surface area contributed by atoms with Crippen LogP contribution in [-0.2, 0) is 16.6 Å². The first-order chi connectivity index (χ1) is 11.3. The van der Waals surface area contributed by atoms with Crippen LogP contribution >= 0.6 is 0 Å². The first-order valence-electron chi connectivity index (χ1n) is 7.73. The Morgan fingerprint density at radius 2 is 1.75 bits per heavy atom. The van der Waals surface area contributed by atoms with Crippen LogP contribution in [0, 0.1) is 0 Å². The van der Waals surface area contributed by atoms with Gasteiger partial charge in [0.25, 0.3) is 0 Å². The lowest BCUT2D eigenvalue weighted by molar-refractivity contribution is 0.0697. The molecule has 0 atom stereocenters. The minimum atomic E-state index is -3.29. The molecule has 1 fully saturated rings. The van der Waals surface area contributed by atoms with E-state index in [1.54, 1.807) is 31.2 Å². The molecule has 1 aliphatic rings. The first-order valence-corrected chi connectivity index (χ1v) is 9.22. The van der Waals surface area contributed by atoms with E-state index < -0.39 is 20.7 Å². The predicted octanol–water partition coefficient (Wildman–Crippen LogP) is 3.02. The highest BCUT2D eigenvalue weighted by molar-refractivity contribution is 7.91. The molecule has 24 heavy (non-hydrogen) atoms. The third kappa shape index (κ3) is 3.20. The van der Waals surface area contributed by atoms with Gasteiger partial charge in [0.05, 0.1) is 10.3 Å². The van der Waals surface area contributed by atoms with Crippen LogP contribution in [0.15, 0.2) is 48.5 Å². The number of carboxylic acid groups (broad SMARTS) is 1. The molecule has 0 aromatic heterocycles. The number of rotatable bonds is 6. The largest absolute Gasteiger partial charge is 0.478 e. The van der Waals surface area contributed by atoms with Gasteiger partial charge in [-0.15, -0.1) is 0 Å². The number of hydrogen-bond donors (Lipinski definition) is 2. The van der Waals surface area contributed by atoms with E-state index in [0.717, 1.165) is 11.1 Å². The Hall–Kier alpha value is -2.18. The SMILES string of the molecule is CC1(S(=O)(=O)NCc2ccc(-c3ccccc3C(=O)O)cc2)CC1. The summed E-state index contributed by atoms with van der Waals surface area (Å²) in [5.41, 5.74) is 2.50. The fourth-order valence-corrected chi connectivity index (χ4v) is 3.87. The van der Waals surface area contributed by atoms with E-state index in [1.807, 2.05) is 24.3 Å². The van der Waals surface area contributed by atoms with Gasteiger partial charge in [-0.3, -0.25) is 0 Å². The first kappa shape index (κ1) is 16.7. The maximum absolute atomic E-state index is 12.1. The summed E-state index contributed by atoms with van der Waals surface area (Å²) in [4.78, 5) is 11.3. The van der Waals surface area contributed by atoms with E-state index in [-0.39, 0.29) is 12.1 Å². The number of aromatic carboxylic acids is 1. The number of sulfonamides is 1. The van der Waals surface area contributed by atoms with E-state index in [2.05, 4.69) is 4.72 Å². The summed E-state index contributed by atoms with van der Waals surface area (Å²) in [6, 6.07) is 14.0. The maximum Gasteiger partial charge on any atom is 0.336 e. The van der Waals surface area contributed by atoms with Crippen molar-refractivity contribution in [3.63, 3.8) is 0 Å². The Bertz CT molecular complexity index is 868. The van der Waals surface area contributed by atoms with Crippen molar-refractivity contribution in [3.8, 4) is 11.1 Å². The van der Waals surface area contributed by atoms with Crippen molar-refractivity contribution in [3.05, 3.63) is 59.7 Å². The van der Waals surface area contributed by atoms with Crippen molar-refractivity contribution in [1.82, 2.24) is 4.72 Å². The minimum absolute atomic E-state index is 0.235. The molecule has 0 heterocycles. The average Bonchev–Trinajstić information content (AvgIpc) is 3.33. The lowest BCUT2D eigenvalue weighted by Crippen LogP contribution is -2.33. The summed E-state index contributed by atoms with van der Waals surface area (Å²) in [6.07, 6.45) is 1.40. The number of benzene rings is 2. The lowest BCUT2D eigenvalue weighted by Gasteiger charge is -2.12. The van der Waals surface area contributed by atoms with E-state index in [4.69, 9.17) is 0 Å². The molecular formula is C18H19NO4S. The Labute approximate surface area is 141 Å². The summed E-state index contributed by atoms with van der Waals surface area (Å²) in [7, 11) is -3.29. The van der Waals surface area contributed by atoms with Gasteiger partial charge in [-0.2, -0.15) is 0 Å². The van der Waals surface area contributed by atoms with Crippen LogP contribution < -0.4 is 4.72 Å². The van der Waals surface area contributed by atoms with E-state index in [0.29, 0.717) is 18.4 Å². The molecule has 0 radical (unpaired) electrons. The number of hydrogen-bond acceptors (Lipinski definition) is 3. The Kier molecular flexibility index (Phi) is 4.19. The zero-order valence-electron chi connectivity index (χ0n) is 13.3. The minimum Gasteiger partial charge on any atom is -0.478 e. The van der Waals surface area contributed by atoms with Crippen molar-refractivity contribution in [2.75, 3.05) is 0 Å². The van der Waals surface area contributed by atoms with Gasteiger partial charge in [0.15, 0.2) is 0 Å². The number of carboxylic acids is 1. The molecule has 0 aliphatic heterocycles. The molecule has 126 valence electrons. The van der Waals surface area contributed by atoms with Crippen LogP contribution in [0.4, 0.5) is 0 Å². The molecule has 3 rings (SSSR count). The summed E-state index contributed by atoms with van der Waals surface area (Å²) in [5, 5.41) is 9.26. The van der Waals surface area contributed by atoms with Crippen LogP contribution in [0.1, 0.15) is 35.7 Å². The quantitative estimate of drug-likeness (QED) is 0.843. The normalized spacial score (nSPS) is 15.9. The molecule has 0 bridgehead atoms. The van der Waals surface area contributed by atoms with Crippen LogP contribution in [0.25, 0.3) is 11.1 Å². The van der Waals surface area contributed by atoms with Crippen LogP contribution in [0.2, 0.25) is 0 Å². The van der Waals surface area contributed by atoms with E-state index in [9.17, 15) is 18.3 Å². The lowest BCUT2D eigenvalue weighted by atomic mass is 9.99. The summed E-state index contributed by atoms with van der Waals surface area (Å²) in [6.45, 7) is 1.99.